The second-order valence-electron chi connectivity index (χ2n) is 3.90. The van der Waals surface area contributed by atoms with Crippen LogP contribution in [0.5, 0.6) is 0 Å². The molecular formula is C13H14N4O2S. The number of hydrogen-bond acceptors (Lipinski definition) is 6. The summed E-state index contributed by atoms with van der Waals surface area (Å²) in [4.78, 5) is 15.8. The number of aromatic nitrogens is 1. The quantitative estimate of drug-likeness (QED) is 0.498. The number of hydrogen-bond donors (Lipinski definition) is 2. The maximum absolute atomic E-state index is 11.1. The zero-order chi connectivity index (χ0) is 14.5. The number of nitrogens with zero attached hydrogens (tertiary/aromatic N) is 2. The van der Waals surface area contributed by atoms with Crippen molar-refractivity contribution in [3.63, 3.8) is 0 Å². The molecule has 0 bridgehead atoms. The molecule has 0 atom stereocenters. The highest BCUT2D eigenvalue weighted by Crippen LogP contribution is 2.31. The van der Waals surface area contributed by atoms with Crippen LogP contribution in [0.1, 0.15) is 0 Å². The maximum Gasteiger partial charge on any atom is 0.311 e. The summed E-state index contributed by atoms with van der Waals surface area (Å²) in [6, 6.07) is 10.6. The van der Waals surface area contributed by atoms with E-state index in [1.165, 1.54) is 6.07 Å². The molecule has 1 aromatic carbocycles. The largest absolute Gasteiger partial charge is 0.373 e. The number of thioether (sulfide) groups is 1. The van der Waals surface area contributed by atoms with Crippen molar-refractivity contribution in [2.45, 2.75) is 4.90 Å². The molecule has 7 heteroatoms. The number of benzene rings is 1. The first-order chi connectivity index (χ1) is 9.65. The molecule has 1 aromatic heterocycles. The van der Waals surface area contributed by atoms with Crippen molar-refractivity contribution < 1.29 is 4.92 Å². The van der Waals surface area contributed by atoms with Gasteiger partial charge in [0.15, 0.2) is 0 Å². The Morgan fingerprint density at radius 1 is 1.25 bits per heavy atom. The first-order valence-corrected chi connectivity index (χ1v) is 7.11. The van der Waals surface area contributed by atoms with Crippen molar-refractivity contribution in [2.75, 3.05) is 23.9 Å². The average molecular weight is 290 g/mol. The summed E-state index contributed by atoms with van der Waals surface area (Å²) in [6.07, 6.45) is 1.95. The van der Waals surface area contributed by atoms with Crippen LogP contribution < -0.4 is 10.6 Å². The molecule has 6 nitrogen and oxygen atoms in total. The summed E-state index contributed by atoms with van der Waals surface area (Å²) in [6.45, 7) is 0. The summed E-state index contributed by atoms with van der Waals surface area (Å²) >= 11 is 1.56. The number of para-hydroxylation sites is 1. The number of anilines is 3. The lowest BCUT2D eigenvalue weighted by atomic mass is 10.3. The van der Waals surface area contributed by atoms with Crippen LogP contribution in [0.2, 0.25) is 0 Å². The highest BCUT2D eigenvalue weighted by molar-refractivity contribution is 7.98. The molecule has 0 unspecified atom stereocenters. The first-order valence-electron chi connectivity index (χ1n) is 5.89. The van der Waals surface area contributed by atoms with E-state index in [0.717, 1.165) is 10.6 Å². The van der Waals surface area contributed by atoms with Crippen LogP contribution >= 0.6 is 11.8 Å². The van der Waals surface area contributed by atoms with E-state index in [1.54, 1.807) is 24.9 Å². The van der Waals surface area contributed by atoms with E-state index < -0.39 is 4.92 Å². The van der Waals surface area contributed by atoms with Gasteiger partial charge in [0.2, 0.25) is 5.82 Å². The Bertz CT molecular complexity index is 634. The highest BCUT2D eigenvalue weighted by Gasteiger charge is 2.16. The summed E-state index contributed by atoms with van der Waals surface area (Å²) in [5, 5.41) is 17.0. The molecule has 2 N–H and O–H groups in total. The predicted octanol–water partition coefficient (Wildman–Crippen LogP) is 3.50. The average Bonchev–Trinajstić information content (AvgIpc) is 2.47. The highest BCUT2D eigenvalue weighted by atomic mass is 32.2. The van der Waals surface area contributed by atoms with Gasteiger partial charge in [0, 0.05) is 18.0 Å². The first kappa shape index (κ1) is 14.1. The van der Waals surface area contributed by atoms with E-state index in [-0.39, 0.29) is 11.5 Å². The van der Waals surface area contributed by atoms with E-state index in [2.05, 4.69) is 15.6 Å². The van der Waals surface area contributed by atoms with E-state index in [9.17, 15) is 10.1 Å². The van der Waals surface area contributed by atoms with Crippen LogP contribution in [0.25, 0.3) is 0 Å². The lowest BCUT2D eigenvalue weighted by molar-refractivity contribution is -0.384. The van der Waals surface area contributed by atoms with Crippen LogP contribution in [0, 0.1) is 10.1 Å². The van der Waals surface area contributed by atoms with Gasteiger partial charge in [-0.15, -0.1) is 11.8 Å². The van der Waals surface area contributed by atoms with E-state index in [4.69, 9.17) is 0 Å². The fourth-order valence-corrected chi connectivity index (χ4v) is 2.26. The number of nitro groups is 1. The Kier molecular flexibility index (Phi) is 4.41. The summed E-state index contributed by atoms with van der Waals surface area (Å²) in [7, 11) is 1.72. The molecule has 0 spiro atoms. The molecule has 0 saturated carbocycles. The van der Waals surface area contributed by atoms with Gasteiger partial charge in [-0.05, 0) is 24.5 Å². The molecule has 0 saturated heterocycles. The van der Waals surface area contributed by atoms with Crippen LogP contribution in [-0.2, 0) is 0 Å². The summed E-state index contributed by atoms with van der Waals surface area (Å²) < 4.78 is 0. The third kappa shape index (κ3) is 3.00. The van der Waals surface area contributed by atoms with Crippen molar-refractivity contribution in [2.24, 2.45) is 0 Å². The lowest BCUT2D eigenvalue weighted by Crippen LogP contribution is -2.02. The fraction of sp³-hybridized carbons (Fsp3) is 0.154. The molecule has 20 heavy (non-hydrogen) atoms. The molecular weight excluding hydrogens is 276 g/mol. The zero-order valence-corrected chi connectivity index (χ0v) is 11.9. The van der Waals surface area contributed by atoms with E-state index in [1.807, 2.05) is 30.5 Å². The Labute approximate surface area is 120 Å². The smallest absolute Gasteiger partial charge is 0.311 e. The minimum absolute atomic E-state index is 0.0556. The van der Waals surface area contributed by atoms with Gasteiger partial charge in [-0.2, -0.15) is 0 Å². The van der Waals surface area contributed by atoms with Crippen molar-refractivity contribution in [1.82, 2.24) is 4.98 Å². The second kappa shape index (κ2) is 6.25. The van der Waals surface area contributed by atoms with E-state index >= 15 is 0 Å². The molecule has 0 aliphatic heterocycles. The minimum atomic E-state index is -0.448. The number of nitrogens with one attached hydrogen (secondary N) is 2. The van der Waals surface area contributed by atoms with Crippen LogP contribution in [-0.4, -0.2) is 23.2 Å². The van der Waals surface area contributed by atoms with Gasteiger partial charge in [-0.25, -0.2) is 4.98 Å². The Hall–Kier alpha value is -2.28. The van der Waals surface area contributed by atoms with Crippen molar-refractivity contribution in [3.05, 3.63) is 46.5 Å². The third-order valence-corrected chi connectivity index (χ3v) is 3.48. The Balaban J connectivity index is 2.43. The van der Waals surface area contributed by atoms with Gasteiger partial charge >= 0.3 is 5.69 Å². The maximum atomic E-state index is 11.1. The van der Waals surface area contributed by atoms with Crippen LogP contribution in [0.3, 0.4) is 0 Å². The fourth-order valence-electron chi connectivity index (χ4n) is 1.71. The van der Waals surface area contributed by atoms with Gasteiger partial charge in [-0.3, -0.25) is 10.1 Å². The Morgan fingerprint density at radius 3 is 2.65 bits per heavy atom. The molecule has 0 fully saturated rings. The number of rotatable bonds is 5. The molecule has 2 rings (SSSR count). The molecule has 1 heterocycles. The Morgan fingerprint density at radius 2 is 2.00 bits per heavy atom. The second-order valence-corrected chi connectivity index (χ2v) is 4.74. The van der Waals surface area contributed by atoms with Crippen molar-refractivity contribution in [1.29, 1.82) is 0 Å². The molecule has 0 aliphatic carbocycles. The van der Waals surface area contributed by atoms with Crippen LogP contribution in [0.4, 0.5) is 23.0 Å². The van der Waals surface area contributed by atoms with Crippen molar-refractivity contribution in [3.8, 4) is 0 Å². The topological polar surface area (TPSA) is 80.1 Å². The van der Waals surface area contributed by atoms with Gasteiger partial charge in [0.25, 0.3) is 0 Å². The lowest BCUT2D eigenvalue weighted by Gasteiger charge is -2.10. The summed E-state index contributed by atoms with van der Waals surface area (Å²) in [5.74, 6) is 0.795. The molecule has 0 amide bonds. The van der Waals surface area contributed by atoms with Gasteiger partial charge in [0.1, 0.15) is 5.82 Å². The summed E-state index contributed by atoms with van der Waals surface area (Å²) in [5.41, 5.74) is 0.740. The predicted molar refractivity (Wildman–Crippen MR) is 81.9 cm³/mol. The zero-order valence-electron chi connectivity index (χ0n) is 11.1. The normalized spacial score (nSPS) is 10.1. The van der Waals surface area contributed by atoms with E-state index in [0.29, 0.717) is 5.82 Å². The van der Waals surface area contributed by atoms with Crippen LogP contribution in [0.15, 0.2) is 41.3 Å². The standard InChI is InChI=1S/C13H14N4O2S/c1-14-12-8-7-10(17(18)19)13(16-12)15-9-5-3-4-6-11(9)20-2/h3-8H,1-2H3,(H2,14,15,16). The van der Waals surface area contributed by atoms with Gasteiger partial charge in [0.05, 0.1) is 10.6 Å². The molecule has 0 radical (unpaired) electrons. The number of pyridine rings is 1. The van der Waals surface area contributed by atoms with Gasteiger partial charge < -0.3 is 10.6 Å². The molecule has 2 aromatic rings. The minimum Gasteiger partial charge on any atom is -0.373 e. The SMILES string of the molecule is CNc1ccc([N+](=O)[O-])c(Nc2ccccc2SC)n1. The third-order valence-electron chi connectivity index (χ3n) is 2.69. The molecule has 104 valence electrons. The monoisotopic (exact) mass is 290 g/mol. The molecule has 0 aliphatic rings. The van der Waals surface area contributed by atoms with Crippen molar-refractivity contribution >= 4 is 34.8 Å². The van der Waals surface area contributed by atoms with Gasteiger partial charge in [-0.1, -0.05) is 12.1 Å².